The summed E-state index contributed by atoms with van der Waals surface area (Å²) in [5.74, 6) is -4.01. The summed E-state index contributed by atoms with van der Waals surface area (Å²) in [6.45, 7) is -0.810. The Bertz CT molecular complexity index is 1120. The van der Waals surface area contributed by atoms with Gasteiger partial charge < -0.3 is 19.9 Å². The van der Waals surface area contributed by atoms with E-state index in [2.05, 4.69) is 5.32 Å². The molecule has 2 unspecified atom stereocenters. The van der Waals surface area contributed by atoms with E-state index in [0.717, 1.165) is 6.07 Å². The third-order valence-electron chi connectivity index (χ3n) is 5.87. The summed E-state index contributed by atoms with van der Waals surface area (Å²) in [4.78, 5) is 39.4. The number of aromatic nitrogens is 1. The van der Waals surface area contributed by atoms with Gasteiger partial charge in [0.2, 0.25) is 5.43 Å². The molecule has 2 aromatic rings. The molecule has 4 rings (SSSR count). The van der Waals surface area contributed by atoms with E-state index in [1.807, 2.05) is 0 Å². The molecule has 0 radical (unpaired) electrons. The molecular weight excluding hydrogens is 415 g/mol. The van der Waals surface area contributed by atoms with Gasteiger partial charge in [0.15, 0.2) is 11.4 Å². The van der Waals surface area contributed by atoms with Gasteiger partial charge >= 0.3 is 0 Å². The zero-order valence-electron chi connectivity index (χ0n) is 16.4. The third-order valence-corrected chi connectivity index (χ3v) is 5.87. The van der Waals surface area contributed by atoms with E-state index in [4.69, 9.17) is 0 Å². The number of hydrogen-bond donors (Lipinski definition) is 2. The van der Waals surface area contributed by atoms with Gasteiger partial charge in [0.25, 0.3) is 11.8 Å². The summed E-state index contributed by atoms with van der Waals surface area (Å²) in [5.41, 5.74) is -1.70. The number of hydrogen-bond acceptors (Lipinski definition) is 4. The second-order valence-electron chi connectivity index (χ2n) is 7.75. The van der Waals surface area contributed by atoms with E-state index in [0.29, 0.717) is 25.3 Å². The van der Waals surface area contributed by atoms with Crippen molar-refractivity contribution in [1.82, 2.24) is 14.8 Å². The quantitative estimate of drug-likeness (QED) is 0.771. The highest BCUT2D eigenvalue weighted by molar-refractivity contribution is 5.99. The molecule has 10 heteroatoms. The van der Waals surface area contributed by atoms with Gasteiger partial charge in [-0.2, -0.15) is 0 Å². The van der Waals surface area contributed by atoms with Crippen molar-refractivity contribution in [1.29, 1.82) is 0 Å². The van der Waals surface area contributed by atoms with Crippen LogP contribution in [0, 0.1) is 11.6 Å². The lowest BCUT2D eigenvalue weighted by atomic mass is 10.1. The second-order valence-corrected chi connectivity index (χ2v) is 7.75. The van der Waals surface area contributed by atoms with E-state index >= 15 is 0 Å². The first kappa shape index (κ1) is 21.0. The van der Waals surface area contributed by atoms with Gasteiger partial charge in [0, 0.05) is 30.9 Å². The number of aromatic hydroxyl groups is 1. The van der Waals surface area contributed by atoms with Crippen LogP contribution in [0.5, 0.6) is 5.75 Å². The molecule has 2 N–H and O–H groups in total. The monoisotopic (exact) mass is 435 g/mol. The molecule has 1 aromatic heterocycles. The molecule has 2 bridgehead atoms. The molecule has 1 fully saturated rings. The number of nitrogens with zero attached hydrogens (tertiary/aromatic N) is 2. The van der Waals surface area contributed by atoms with Gasteiger partial charge in [-0.1, -0.05) is 6.07 Å². The average Bonchev–Trinajstić information content (AvgIpc) is 2.93. The van der Waals surface area contributed by atoms with Gasteiger partial charge in [0.05, 0.1) is 12.1 Å². The summed E-state index contributed by atoms with van der Waals surface area (Å²) in [5, 5.41) is 12.8. The highest BCUT2D eigenvalue weighted by Gasteiger charge is 2.40. The number of alkyl halides is 1. The van der Waals surface area contributed by atoms with Crippen molar-refractivity contribution in [3.05, 3.63) is 63.1 Å². The molecule has 7 nitrogen and oxygen atoms in total. The number of carbonyl (C=O) groups is 2. The van der Waals surface area contributed by atoms with Crippen LogP contribution in [-0.4, -0.2) is 45.6 Å². The number of halogens is 3. The van der Waals surface area contributed by atoms with E-state index in [9.17, 15) is 32.7 Å². The third kappa shape index (κ3) is 3.66. The molecule has 2 aliphatic rings. The van der Waals surface area contributed by atoms with Crippen molar-refractivity contribution in [3.8, 4) is 5.75 Å². The maximum absolute atomic E-state index is 13.8. The van der Waals surface area contributed by atoms with E-state index in [1.165, 1.54) is 21.7 Å². The number of fused-ring (bicyclic) bond motifs is 4. The van der Waals surface area contributed by atoms with Crippen LogP contribution < -0.4 is 10.7 Å². The first-order chi connectivity index (χ1) is 14.8. The van der Waals surface area contributed by atoms with Crippen LogP contribution in [0.1, 0.15) is 51.7 Å². The lowest BCUT2D eigenvalue weighted by Crippen LogP contribution is -2.49. The van der Waals surface area contributed by atoms with Crippen molar-refractivity contribution in [3.63, 3.8) is 0 Å². The Labute approximate surface area is 175 Å². The van der Waals surface area contributed by atoms with Crippen LogP contribution >= 0.6 is 0 Å². The SMILES string of the molecule is O=C(NCc1ccc(F)cc1F)c1cn2c(c(O)c1=O)C(=O)N1CC2CCCC1CF. The van der Waals surface area contributed by atoms with E-state index < -0.39 is 52.9 Å². The fourth-order valence-corrected chi connectivity index (χ4v) is 4.20. The topological polar surface area (TPSA) is 91.6 Å². The van der Waals surface area contributed by atoms with Gasteiger partial charge in [-0.3, -0.25) is 14.4 Å². The number of pyridine rings is 1. The average molecular weight is 435 g/mol. The van der Waals surface area contributed by atoms with Crippen LogP contribution in [0.4, 0.5) is 13.2 Å². The molecule has 31 heavy (non-hydrogen) atoms. The van der Waals surface area contributed by atoms with Gasteiger partial charge in [-0.05, 0) is 25.3 Å². The Morgan fingerprint density at radius 2 is 2.00 bits per heavy atom. The van der Waals surface area contributed by atoms with Crippen molar-refractivity contribution in [2.45, 2.75) is 37.9 Å². The van der Waals surface area contributed by atoms with Crippen LogP contribution in [0.15, 0.2) is 29.2 Å². The minimum atomic E-state index is -1.05. The van der Waals surface area contributed by atoms with E-state index in [-0.39, 0.29) is 30.4 Å². The number of nitrogens with one attached hydrogen (secondary N) is 1. The standard InChI is InChI=1S/C21H20F3N3O4/c22-7-13-2-1-3-14-9-27(13)21(31)17-19(29)18(28)15(10-26(14)17)20(30)25-8-11-4-5-12(23)6-16(11)24/h4-6,10,13-14,29H,1-3,7-9H2,(H,25,30). The van der Waals surface area contributed by atoms with Gasteiger partial charge in [-0.15, -0.1) is 0 Å². The summed E-state index contributed by atoms with van der Waals surface area (Å²) in [6, 6.07) is 1.95. The van der Waals surface area contributed by atoms with Crippen LogP contribution in [-0.2, 0) is 6.54 Å². The lowest BCUT2D eigenvalue weighted by molar-refractivity contribution is 0.0557. The Balaban J connectivity index is 1.66. The Morgan fingerprint density at radius 1 is 1.23 bits per heavy atom. The van der Waals surface area contributed by atoms with Crippen LogP contribution in [0.25, 0.3) is 0 Å². The fourth-order valence-electron chi connectivity index (χ4n) is 4.20. The molecule has 2 amide bonds. The largest absolute Gasteiger partial charge is 0.503 e. The minimum Gasteiger partial charge on any atom is -0.503 e. The zero-order valence-corrected chi connectivity index (χ0v) is 16.4. The Morgan fingerprint density at radius 3 is 2.71 bits per heavy atom. The van der Waals surface area contributed by atoms with Crippen molar-refractivity contribution < 1.29 is 27.9 Å². The summed E-state index contributed by atoms with van der Waals surface area (Å²) in [6.07, 6.45) is 2.90. The van der Waals surface area contributed by atoms with Crippen molar-refractivity contribution >= 4 is 11.8 Å². The molecule has 164 valence electrons. The van der Waals surface area contributed by atoms with Gasteiger partial charge in [-0.25, -0.2) is 13.2 Å². The predicted molar refractivity (Wildman–Crippen MR) is 104 cm³/mol. The number of carbonyl (C=O) groups excluding carboxylic acids is 2. The number of amides is 2. The molecule has 0 saturated carbocycles. The summed E-state index contributed by atoms with van der Waals surface area (Å²) >= 11 is 0. The molecule has 2 aliphatic heterocycles. The van der Waals surface area contributed by atoms with Crippen LogP contribution in [0.2, 0.25) is 0 Å². The summed E-state index contributed by atoms with van der Waals surface area (Å²) < 4.78 is 41.6. The van der Waals surface area contributed by atoms with E-state index in [1.54, 1.807) is 0 Å². The lowest BCUT2D eigenvalue weighted by Gasteiger charge is -2.37. The Hall–Kier alpha value is -3.30. The minimum absolute atomic E-state index is 0.0175. The number of benzene rings is 1. The molecule has 3 heterocycles. The predicted octanol–water partition coefficient (Wildman–Crippen LogP) is 2.28. The maximum Gasteiger partial charge on any atom is 0.274 e. The van der Waals surface area contributed by atoms with Crippen LogP contribution in [0.3, 0.4) is 0 Å². The Kier molecular flexibility index (Phi) is 5.47. The number of rotatable bonds is 4. The smallest absolute Gasteiger partial charge is 0.274 e. The molecular formula is C21H20F3N3O4. The van der Waals surface area contributed by atoms with Crippen molar-refractivity contribution in [2.75, 3.05) is 13.2 Å². The first-order valence-electron chi connectivity index (χ1n) is 9.89. The highest BCUT2D eigenvalue weighted by atomic mass is 19.1. The maximum atomic E-state index is 13.8. The molecule has 0 aliphatic carbocycles. The first-order valence-corrected chi connectivity index (χ1v) is 9.89. The molecule has 0 spiro atoms. The zero-order chi connectivity index (χ0) is 22.3. The highest BCUT2D eigenvalue weighted by Crippen LogP contribution is 2.34. The summed E-state index contributed by atoms with van der Waals surface area (Å²) in [7, 11) is 0. The normalized spacial score (nSPS) is 20.2. The van der Waals surface area contributed by atoms with Crippen molar-refractivity contribution in [2.24, 2.45) is 0 Å². The molecule has 2 atom stereocenters. The van der Waals surface area contributed by atoms with Gasteiger partial charge in [0.1, 0.15) is 23.9 Å². The molecule has 1 saturated heterocycles. The second kappa shape index (κ2) is 8.09. The fraction of sp³-hybridized carbons (Fsp3) is 0.381. The molecule has 1 aromatic carbocycles.